The average Bonchev–Trinajstić information content (AvgIpc) is 2.12. The first-order chi connectivity index (χ1) is 6.38. The average molecular weight is 177 g/mol. The van der Waals surface area contributed by atoms with Crippen molar-refractivity contribution in [1.82, 2.24) is 0 Å². The van der Waals surface area contributed by atoms with Crippen LogP contribution in [0.15, 0.2) is 30.3 Å². The molecule has 1 aliphatic carbocycles. The molecule has 0 unspecified atom stereocenters. The molecule has 1 aromatic carbocycles. The lowest BCUT2D eigenvalue weighted by Crippen LogP contribution is -2.37. The summed E-state index contributed by atoms with van der Waals surface area (Å²) in [5, 5.41) is 12.3. The van der Waals surface area contributed by atoms with Gasteiger partial charge in [0.2, 0.25) is 0 Å². The van der Waals surface area contributed by atoms with Gasteiger partial charge in [0.15, 0.2) is 0 Å². The summed E-state index contributed by atoms with van der Waals surface area (Å²) in [5.74, 6) is 0.529. The number of aliphatic hydroxyl groups excluding tert-OH is 1. The van der Waals surface area contributed by atoms with Crippen LogP contribution in [0, 0.1) is 5.92 Å². The van der Waals surface area contributed by atoms with Crippen molar-refractivity contribution in [1.29, 1.82) is 0 Å². The number of para-hydroxylation sites is 1. The van der Waals surface area contributed by atoms with Crippen LogP contribution in [0.2, 0.25) is 0 Å². The van der Waals surface area contributed by atoms with Gasteiger partial charge in [-0.05, 0) is 30.9 Å². The monoisotopic (exact) mass is 177 g/mol. The Hall–Kier alpha value is -1.02. The second-order valence-corrected chi connectivity index (χ2v) is 3.73. The molecule has 1 fully saturated rings. The SMILES string of the molecule is OCC1CC(Nc2ccccc2)C1. The summed E-state index contributed by atoms with van der Waals surface area (Å²) in [5.41, 5.74) is 1.18. The second kappa shape index (κ2) is 3.79. The normalized spacial score (nSPS) is 26.5. The van der Waals surface area contributed by atoms with E-state index >= 15 is 0 Å². The molecule has 0 aliphatic heterocycles. The topological polar surface area (TPSA) is 32.3 Å². The molecule has 0 bridgehead atoms. The first kappa shape index (κ1) is 8.57. The summed E-state index contributed by atoms with van der Waals surface area (Å²) in [6.45, 7) is 0.340. The van der Waals surface area contributed by atoms with E-state index in [1.54, 1.807) is 0 Å². The largest absolute Gasteiger partial charge is 0.396 e. The highest BCUT2D eigenvalue weighted by atomic mass is 16.3. The number of hydrogen-bond donors (Lipinski definition) is 2. The van der Waals surface area contributed by atoms with E-state index in [4.69, 9.17) is 5.11 Å². The minimum absolute atomic E-state index is 0.340. The van der Waals surface area contributed by atoms with Crippen LogP contribution in [-0.4, -0.2) is 17.8 Å². The number of benzene rings is 1. The number of anilines is 1. The summed E-state index contributed by atoms with van der Waals surface area (Å²) < 4.78 is 0. The van der Waals surface area contributed by atoms with Crippen LogP contribution in [0.25, 0.3) is 0 Å². The van der Waals surface area contributed by atoms with Crippen molar-refractivity contribution < 1.29 is 5.11 Å². The van der Waals surface area contributed by atoms with E-state index in [1.165, 1.54) is 5.69 Å². The first-order valence-electron chi connectivity index (χ1n) is 4.81. The van der Waals surface area contributed by atoms with Gasteiger partial charge in [-0.1, -0.05) is 18.2 Å². The van der Waals surface area contributed by atoms with E-state index in [-0.39, 0.29) is 0 Å². The first-order valence-corrected chi connectivity index (χ1v) is 4.81. The zero-order valence-electron chi connectivity index (χ0n) is 7.61. The summed E-state index contributed by atoms with van der Waals surface area (Å²) >= 11 is 0. The molecule has 0 amide bonds. The van der Waals surface area contributed by atoms with E-state index in [1.807, 2.05) is 18.2 Å². The number of aliphatic hydroxyl groups is 1. The van der Waals surface area contributed by atoms with Gasteiger partial charge in [-0.3, -0.25) is 0 Å². The van der Waals surface area contributed by atoms with Gasteiger partial charge in [-0.25, -0.2) is 0 Å². The van der Waals surface area contributed by atoms with Gasteiger partial charge < -0.3 is 10.4 Å². The van der Waals surface area contributed by atoms with E-state index in [2.05, 4.69) is 17.4 Å². The lowest BCUT2D eigenvalue weighted by molar-refractivity contribution is 0.151. The van der Waals surface area contributed by atoms with E-state index in [0.29, 0.717) is 18.6 Å². The molecule has 0 aromatic heterocycles. The van der Waals surface area contributed by atoms with Gasteiger partial charge in [-0.15, -0.1) is 0 Å². The molecule has 2 rings (SSSR count). The fourth-order valence-electron chi connectivity index (χ4n) is 1.77. The van der Waals surface area contributed by atoms with Crippen LogP contribution in [0.4, 0.5) is 5.69 Å². The van der Waals surface area contributed by atoms with Crippen molar-refractivity contribution in [2.24, 2.45) is 5.92 Å². The molecule has 2 heteroatoms. The van der Waals surface area contributed by atoms with E-state index in [0.717, 1.165) is 12.8 Å². The molecule has 70 valence electrons. The summed E-state index contributed by atoms with van der Waals surface area (Å²) in [4.78, 5) is 0. The molecule has 0 radical (unpaired) electrons. The highest BCUT2D eigenvalue weighted by Crippen LogP contribution is 2.29. The summed E-state index contributed by atoms with van der Waals surface area (Å²) in [6, 6.07) is 10.8. The third kappa shape index (κ3) is 2.01. The maximum atomic E-state index is 8.84. The van der Waals surface area contributed by atoms with Crippen LogP contribution in [-0.2, 0) is 0 Å². The van der Waals surface area contributed by atoms with Crippen LogP contribution in [0.3, 0.4) is 0 Å². The lowest BCUT2D eigenvalue weighted by atomic mass is 9.81. The third-order valence-corrected chi connectivity index (χ3v) is 2.64. The molecule has 2 N–H and O–H groups in total. The molecule has 13 heavy (non-hydrogen) atoms. The number of rotatable bonds is 3. The van der Waals surface area contributed by atoms with Gasteiger partial charge in [-0.2, -0.15) is 0 Å². The minimum Gasteiger partial charge on any atom is -0.396 e. The molecule has 1 saturated carbocycles. The molecule has 1 aliphatic rings. The van der Waals surface area contributed by atoms with Crippen LogP contribution in [0.1, 0.15) is 12.8 Å². The number of nitrogens with one attached hydrogen (secondary N) is 1. The Balaban J connectivity index is 1.81. The Morgan fingerprint density at radius 3 is 2.54 bits per heavy atom. The smallest absolute Gasteiger partial charge is 0.0460 e. The second-order valence-electron chi connectivity index (χ2n) is 3.73. The molecule has 1 aromatic rings. The van der Waals surface area contributed by atoms with E-state index < -0.39 is 0 Å². The fraction of sp³-hybridized carbons (Fsp3) is 0.455. The van der Waals surface area contributed by atoms with Gasteiger partial charge >= 0.3 is 0 Å². The molecular weight excluding hydrogens is 162 g/mol. The van der Waals surface area contributed by atoms with E-state index in [9.17, 15) is 0 Å². The Labute approximate surface area is 78.6 Å². The van der Waals surface area contributed by atoms with Gasteiger partial charge in [0.05, 0.1) is 0 Å². The van der Waals surface area contributed by atoms with Crippen molar-refractivity contribution in [3.8, 4) is 0 Å². The van der Waals surface area contributed by atoms with Crippen molar-refractivity contribution in [3.05, 3.63) is 30.3 Å². The Morgan fingerprint density at radius 2 is 1.92 bits per heavy atom. The van der Waals surface area contributed by atoms with Crippen LogP contribution < -0.4 is 5.32 Å². The fourth-order valence-corrected chi connectivity index (χ4v) is 1.77. The van der Waals surface area contributed by atoms with Crippen LogP contribution in [0.5, 0.6) is 0 Å². The van der Waals surface area contributed by atoms with Gasteiger partial charge in [0.1, 0.15) is 0 Å². The zero-order chi connectivity index (χ0) is 9.10. The zero-order valence-corrected chi connectivity index (χ0v) is 7.61. The highest BCUT2D eigenvalue weighted by Gasteiger charge is 2.27. The Kier molecular flexibility index (Phi) is 2.50. The quantitative estimate of drug-likeness (QED) is 0.738. The molecule has 0 heterocycles. The number of hydrogen-bond acceptors (Lipinski definition) is 2. The highest BCUT2D eigenvalue weighted by molar-refractivity contribution is 5.43. The molecule has 0 spiro atoms. The molecule has 2 nitrogen and oxygen atoms in total. The summed E-state index contributed by atoms with van der Waals surface area (Å²) in [7, 11) is 0. The standard InChI is InChI=1S/C11H15NO/c13-8-9-6-11(7-9)12-10-4-2-1-3-5-10/h1-5,9,11-13H,6-8H2. The Bertz CT molecular complexity index is 254. The third-order valence-electron chi connectivity index (χ3n) is 2.64. The molecular formula is C11H15NO. The van der Waals surface area contributed by atoms with Crippen molar-refractivity contribution >= 4 is 5.69 Å². The van der Waals surface area contributed by atoms with Crippen molar-refractivity contribution in [3.63, 3.8) is 0 Å². The maximum Gasteiger partial charge on any atom is 0.0460 e. The minimum atomic E-state index is 0.340. The van der Waals surface area contributed by atoms with Crippen molar-refractivity contribution in [2.45, 2.75) is 18.9 Å². The van der Waals surface area contributed by atoms with Crippen LogP contribution >= 0.6 is 0 Å². The van der Waals surface area contributed by atoms with Crippen molar-refractivity contribution in [2.75, 3.05) is 11.9 Å². The van der Waals surface area contributed by atoms with Gasteiger partial charge in [0.25, 0.3) is 0 Å². The van der Waals surface area contributed by atoms with Gasteiger partial charge in [0, 0.05) is 18.3 Å². The predicted molar refractivity (Wildman–Crippen MR) is 53.7 cm³/mol. The molecule has 0 atom stereocenters. The molecule has 0 saturated heterocycles. The lowest BCUT2D eigenvalue weighted by Gasteiger charge is -2.35. The maximum absolute atomic E-state index is 8.84. The predicted octanol–water partition coefficient (Wildman–Crippen LogP) is 1.87. The Morgan fingerprint density at radius 1 is 1.23 bits per heavy atom. The summed E-state index contributed by atoms with van der Waals surface area (Å²) in [6.07, 6.45) is 2.21.